The molecular weight excluding hydrogens is 293 g/mol. The zero-order valence-electron chi connectivity index (χ0n) is 13.6. The first-order chi connectivity index (χ1) is 11.3. The number of ether oxygens (including phenoxy) is 2. The lowest BCUT2D eigenvalue weighted by Crippen LogP contribution is -2.16. The van der Waals surface area contributed by atoms with Gasteiger partial charge in [-0.1, -0.05) is 30.3 Å². The average molecular weight is 317 g/mol. The second-order valence-corrected chi connectivity index (χ2v) is 5.25. The SMILES string of the molecule is CCOCCCNCc1cccc(OCc2ccccc2F)c1. The Morgan fingerprint density at radius 2 is 1.96 bits per heavy atom. The van der Waals surface area contributed by atoms with Gasteiger partial charge in [-0.2, -0.15) is 0 Å². The van der Waals surface area contributed by atoms with Crippen LogP contribution in [0.1, 0.15) is 24.5 Å². The molecule has 0 amide bonds. The molecule has 0 aliphatic rings. The fourth-order valence-electron chi connectivity index (χ4n) is 2.20. The van der Waals surface area contributed by atoms with Crippen molar-refractivity contribution in [2.75, 3.05) is 19.8 Å². The number of hydrogen-bond acceptors (Lipinski definition) is 3. The lowest BCUT2D eigenvalue weighted by atomic mass is 10.2. The molecule has 0 spiro atoms. The molecule has 0 unspecified atom stereocenters. The molecule has 2 rings (SSSR count). The van der Waals surface area contributed by atoms with Crippen LogP contribution in [0.15, 0.2) is 48.5 Å². The zero-order chi connectivity index (χ0) is 16.3. The highest BCUT2D eigenvalue weighted by atomic mass is 19.1. The molecular formula is C19H24FNO2. The molecule has 0 atom stereocenters. The number of nitrogens with one attached hydrogen (secondary N) is 1. The van der Waals surface area contributed by atoms with Crippen LogP contribution in [0.2, 0.25) is 0 Å². The second-order valence-electron chi connectivity index (χ2n) is 5.25. The monoisotopic (exact) mass is 317 g/mol. The smallest absolute Gasteiger partial charge is 0.129 e. The number of hydrogen-bond donors (Lipinski definition) is 1. The van der Waals surface area contributed by atoms with E-state index in [-0.39, 0.29) is 12.4 Å². The molecule has 3 nitrogen and oxygen atoms in total. The van der Waals surface area contributed by atoms with E-state index in [0.29, 0.717) is 5.56 Å². The van der Waals surface area contributed by atoms with E-state index in [4.69, 9.17) is 9.47 Å². The van der Waals surface area contributed by atoms with Crippen LogP contribution in [0.4, 0.5) is 4.39 Å². The summed E-state index contributed by atoms with van der Waals surface area (Å²) in [5.74, 6) is 0.515. The Labute approximate surface area is 137 Å². The molecule has 0 fully saturated rings. The Morgan fingerprint density at radius 3 is 2.78 bits per heavy atom. The Hall–Kier alpha value is -1.91. The summed E-state index contributed by atoms with van der Waals surface area (Å²) in [6.07, 6.45) is 0.997. The maximum absolute atomic E-state index is 13.6. The van der Waals surface area contributed by atoms with Gasteiger partial charge >= 0.3 is 0 Å². The fourth-order valence-corrected chi connectivity index (χ4v) is 2.20. The maximum atomic E-state index is 13.6. The number of benzene rings is 2. The summed E-state index contributed by atoms with van der Waals surface area (Å²) >= 11 is 0. The summed E-state index contributed by atoms with van der Waals surface area (Å²) in [4.78, 5) is 0. The summed E-state index contributed by atoms with van der Waals surface area (Å²) in [7, 11) is 0. The van der Waals surface area contributed by atoms with E-state index in [1.807, 2.05) is 37.3 Å². The predicted octanol–water partition coefficient (Wildman–Crippen LogP) is 3.92. The molecule has 0 bridgehead atoms. The van der Waals surface area contributed by atoms with Crippen molar-refractivity contribution < 1.29 is 13.9 Å². The van der Waals surface area contributed by atoms with Crippen LogP contribution in [0.3, 0.4) is 0 Å². The van der Waals surface area contributed by atoms with Crippen LogP contribution in [0, 0.1) is 5.82 Å². The molecule has 0 saturated carbocycles. The molecule has 0 aromatic heterocycles. The van der Waals surface area contributed by atoms with E-state index in [0.717, 1.165) is 44.0 Å². The molecule has 0 heterocycles. The van der Waals surface area contributed by atoms with Crippen molar-refractivity contribution in [3.8, 4) is 5.75 Å². The van der Waals surface area contributed by atoms with Gasteiger partial charge in [-0.25, -0.2) is 4.39 Å². The molecule has 0 aliphatic carbocycles. The van der Waals surface area contributed by atoms with Crippen molar-refractivity contribution in [3.05, 3.63) is 65.5 Å². The van der Waals surface area contributed by atoms with Crippen LogP contribution in [-0.2, 0) is 17.9 Å². The minimum atomic E-state index is -0.236. The quantitative estimate of drug-likeness (QED) is 0.674. The topological polar surface area (TPSA) is 30.5 Å². The van der Waals surface area contributed by atoms with Gasteiger partial charge in [0, 0.05) is 25.3 Å². The van der Waals surface area contributed by atoms with E-state index < -0.39 is 0 Å². The van der Waals surface area contributed by atoms with Gasteiger partial charge in [0.2, 0.25) is 0 Å². The second kappa shape index (κ2) is 9.98. The maximum Gasteiger partial charge on any atom is 0.129 e. The molecule has 2 aromatic carbocycles. The highest BCUT2D eigenvalue weighted by Crippen LogP contribution is 2.16. The number of halogens is 1. The average Bonchev–Trinajstić information content (AvgIpc) is 2.58. The lowest BCUT2D eigenvalue weighted by Gasteiger charge is -2.09. The summed E-state index contributed by atoms with van der Waals surface area (Å²) in [5.41, 5.74) is 1.71. The normalized spacial score (nSPS) is 10.7. The van der Waals surface area contributed by atoms with Crippen molar-refractivity contribution in [1.29, 1.82) is 0 Å². The van der Waals surface area contributed by atoms with Crippen LogP contribution >= 0.6 is 0 Å². The van der Waals surface area contributed by atoms with Crippen molar-refractivity contribution >= 4 is 0 Å². The van der Waals surface area contributed by atoms with Crippen molar-refractivity contribution in [2.45, 2.75) is 26.5 Å². The molecule has 124 valence electrons. The van der Waals surface area contributed by atoms with E-state index in [1.54, 1.807) is 12.1 Å². The van der Waals surface area contributed by atoms with Crippen LogP contribution in [-0.4, -0.2) is 19.8 Å². The largest absolute Gasteiger partial charge is 0.489 e. The first-order valence-electron chi connectivity index (χ1n) is 8.03. The van der Waals surface area contributed by atoms with Crippen LogP contribution in [0.5, 0.6) is 5.75 Å². The Kier molecular flexibility index (Phi) is 7.57. The third-order valence-corrected chi connectivity index (χ3v) is 3.43. The Morgan fingerprint density at radius 1 is 1.09 bits per heavy atom. The lowest BCUT2D eigenvalue weighted by molar-refractivity contribution is 0.144. The minimum absolute atomic E-state index is 0.234. The van der Waals surface area contributed by atoms with Gasteiger partial charge in [-0.05, 0) is 43.7 Å². The molecule has 0 radical (unpaired) electrons. The first kappa shape index (κ1) is 17.4. The molecule has 2 aromatic rings. The van der Waals surface area contributed by atoms with Gasteiger partial charge in [-0.3, -0.25) is 0 Å². The molecule has 0 aliphatic heterocycles. The molecule has 0 saturated heterocycles. The highest BCUT2D eigenvalue weighted by molar-refractivity contribution is 5.29. The van der Waals surface area contributed by atoms with Crippen LogP contribution < -0.4 is 10.1 Å². The molecule has 23 heavy (non-hydrogen) atoms. The van der Waals surface area contributed by atoms with Gasteiger partial charge in [0.05, 0.1) is 0 Å². The Balaban J connectivity index is 1.77. The summed E-state index contributed by atoms with van der Waals surface area (Å²) in [6, 6.07) is 14.5. The van der Waals surface area contributed by atoms with Gasteiger partial charge in [0.1, 0.15) is 18.2 Å². The third-order valence-electron chi connectivity index (χ3n) is 3.43. The van der Waals surface area contributed by atoms with Crippen molar-refractivity contribution in [3.63, 3.8) is 0 Å². The summed E-state index contributed by atoms with van der Waals surface area (Å²) < 4.78 is 24.5. The van der Waals surface area contributed by atoms with E-state index in [1.165, 1.54) is 6.07 Å². The van der Waals surface area contributed by atoms with Crippen LogP contribution in [0.25, 0.3) is 0 Å². The third kappa shape index (κ3) is 6.38. The zero-order valence-corrected chi connectivity index (χ0v) is 13.6. The van der Waals surface area contributed by atoms with Gasteiger partial charge < -0.3 is 14.8 Å². The molecule has 4 heteroatoms. The van der Waals surface area contributed by atoms with E-state index in [2.05, 4.69) is 5.32 Å². The Bertz CT molecular complexity index is 589. The van der Waals surface area contributed by atoms with E-state index >= 15 is 0 Å². The summed E-state index contributed by atoms with van der Waals surface area (Å²) in [6.45, 7) is 5.48. The number of rotatable bonds is 10. The van der Waals surface area contributed by atoms with Gasteiger partial charge in [0.25, 0.3) is 0 Å². The van der Waals surface area contributed by atoms with Gasteiger partial charge in [0.15, 0.2) is 0 Å². The summed E-state index contributed by atoms with van der Waals surface area (Å²) in [5, 5.41) is 3.38. The van der Waals surface area contributed by atoms with E-state index in [9.17, 15) is 4.39 Å². The fraction of sp³-hybridized carbons (Fsp3) is 0.368. The standard InChI is InChI=1S/C19H24FNO2/c1-2-22-12-6-11-21-14-16-7-5-9-18(13-16)23-15-17-8-3-4-10-19(17)20/h3-5,7-10,13,21H,2,6,11-12,14-15H2,1H3. The predicted molar refractivity (Wildman–Crippen MR) is 90.0 cm³/mol. The highest BCUT2D eigenvalue weighted by Gasteiger charge is 2.02. The minimum Gasteiger partial charge on any atom is -0.489 e. The van der Waals surface area contributed by atoms with Crippen molar-refractivity contribution in [1.82, 2.24) is 5.32 Å². The molecule has 1 N–H and O–H groups in total. The van der Waals surface area contributed by atoms with Crippen molar-refractivity contribution in [2.24, 2.45) is 0 Å². The van der Waals surface area contributed by atoms with Gasteiger partial charge in [-0.15, -0.1) is 0 Å². The first-order valence-corrected chi connectivity index (χ1v) is 8.03.